The molecule has 3 saturated carbocycles. The number of carbonyl (C=O) groups excluding carboxylic acids is 1. The van der Waals surface area contributed by atoms with Gasteiger partial charge in [0.1, 0.15) is 5.52 Å². The van der Waals surface area contributed by atoms with E-state index in [1.165, 1.54) is 0 Å². The van der Waals surface area contributed by atoms with Gasteiger partial charge in [-0.15, -0.1) is 5.10 Å². The van der Waals surface area contributed by atoms with Crippen LogP contribution in [0.1, 0.15) is 32.6 Å². The van der Waals surface area contributed by atoms with Gasteiger partial charge in [0.05, 0.1) is 12.5 Å². The van der Waals surface area contributed by atoms with Crippen LogP contribution in [-0.2, 0) is 9.53 Å². The summed E-state index contributed by atoms with van der Waals surface area (Å²) in [6, 6.07) is 1.97. The lowest BCUT2D eigenvalue weighted by molar-refractivity contribution is -0.154. The molecular weight excluding hydrogens is 408 g/mol. The zero-order valence-corrected chi connectivity index (χ0v) is 16.3. The number of esters is 1. The number of nitrogens with one attached hydrogen (secondary N) is 1. The van der Waals surface area contributed by atoms with Gasteiger partial charge in [-0.25, -0.2) is 4.52 Å². The zero-order valence-electron chi connectivity index (χ0n) is 13.9. The molecule has 0 radical (unpaired) electrons. The number of fused-ring (bicyclic) bond motifs is 4. The first kappa shape index (κ1) is 17.1. The average molecular weight is 428 g/mol. The molecule has 3 aliphatic rings. The summed E-state index contributed by atoms with van der Waals surface area (Å²) >= 11 is 9.55. The van der Waals surface area contributed by atoms with Crippen LogP contribution in [0.3, 0.4) is 0 Å². The fourth-order valence-corrected chi connectivity index (χ4v) is 5.02. The second kappa shape index (κ2) is 6.76. The van der Waals surface area contributed by atoms with E-state index >= 15 is 0 Å². The molecule has 0 unspecified atom stereocenters. The minimum Gasteiger partial charge on any atom is -0.466 e. The summed E-state index contributed by atoms with van der Waals surface area (Å²) in [5.41, 5.74) is 0.834. The Morgan fingerprint density at radius 1 is 1.40 bits per heavy atom. The molecule has 0 aliphatic heterocycles. The van der Waals surface area contributed by atoms with Crippen LogP contribution in [0.5, 0.6) is 0 Å². The smallest absolute Gasteiger partial charge is 0.311 e. The van der Waals surface area contributed by atoms with Crippen LogP contribution in [0, 0.1) is 17.8 Å². The highest BCUT2D eigenvalue weighted by Crippen LogP contribution is 2.47. The SMILES string of the molecule is CCOC(=O)[C@H]1C2CCC(CC2)[C@@H]1Nc1nc(Cl)nn2cc(Br)cc12. The van der Waals surface area contributed by atoms with E-state index in [1.54, 1.807) is 4.52 Å². The van der Waals surface area contributed by atoms with Crippen molar-refractivity contribution in [1.82, 2.24) is 14.6 Å². The summed E-state index contributed by atoms with van der Waals surface area (Å²) in [4.78, 5) is 17.0. The first-order chi connectivity index (χ1) is 12.1. The monoisotopic (exact) mass is 426 g/mol. The van der Waals surface area contributed by atoms with Gasteiger partial charge in [-0.05, 0) is 78.0 Å². The van der Waals surface area contributed by atoms with Gasteiger partial charge in [0.15, 0.2) is 5.82 Å². The number of carbonyl (C=O) groups is 1. The number of anilines is 1. The van der Waals surface area contributed by atoms with Gasteiger partial charge in [0.25, 0.3) is 0 Å². The number of ether oxygens (including phenoxy) is 1. The number of halogens is 2. The number of hydrogen-bond acceptors (Lipinski definition) is 5. The molecule has 0 aromatic carbocycles. The maximum atomic E-state index is 12.6. The summed E-state index contributed by atoms with van der Waals surface area (Å²) in [5.74, 6) is 1.28. The van der Waals surface area contributed by atoms with Crippen LogP contribution < -0.4 is 5.32 Å². The molecule has 0 saturated heterocycles. The number of hydrogen-bond donors (Lipinski definition) is 1. The topological polar surface area (TPSA) is 68.5 Å². The Morgan fingerprint density at radius 2 is 2.12 bits per heavy atom. The van der Waals surface area contributed by atoms with E-state index in [0.717, 1.165) is 35.7 Å². The van der Waals surface area contributed by atoms with Crippen LogP contribution in [0.25, 0.3) is 5.52 Å². The van der Waals surface area contributed by atoms with E-state index in [1.807, 2.05) is 19.2 Å². The van der Waals surface area contributed by atoms with Crippen molar-refractivity contribution in [1.29, 1.82) is 0 Å². The summed E-state index contributed by atoms with van der Waals surface area (Å²) < 4.78 is 7.97. The summed E-state index contributed by atoms with van der Waals surface area (Å²) in [5, 5.41) is 7.88. The Labute approximate surface area is 159 Å². The highest BCUT2D eigenvalue weighted by Gasteiger charge is 2.48. The first-order valence-corrected chi connectivity index (χ1v) is 9.88. The molecule has 6 nitrogen and oxygen atoms in total. The molecule has 2 aromatic heterocycles. The van der Waals surface area contributed by atoms with E-state index in [9.17, 15) is 4.79 Å². The lowest BCUT2D eigenvalue weighted by atomic mass is 9.61. The predicted octanol–water partition coefficient (Wildman–Crippen LogP) is 3.93. The molecule has 2 atom stereocenters. The van der Waals surface area contributed by atoms with Crippen molar-refractivity contribution >= 4 is 44.8 Å². The second-order valence-electron chi connectivity index (χ2n) is 6.84. The third-order valence-electron chi connectivity index (χ3n) is 5.49. The van der Waals surface area contributed by atoms with Gasteiger partial charge in [-0.1, -0.05) is 0 Å². The molecule has 3 fully saturated rings. The van der Waals surface area contributed by atoms with Crippen molar-refractivity contribution in [3.05, 3.63) is 22.0 Å². The lowest BCUT2D eigenvalue weighted by Gasteiger charge is -2.47. The summed E-state index contributed by atoms with van der Waals surface area (Å²) in [6.07, 6.45) is 6.31. The number of rotatable bonds is 4. The van der Waals surface area contributed by atoms with E-state index in [-0.39, 0.29) is 23.2 Å². The summed E-state index contributed by atoms with van der Waals surface area (Å²) in [6.45, 7) is 2.27. The van der Waals surface area contributed by atoms with Crippen molar-refractivity contribution in [3.63, 3.8) is 0 Å². The van der Waals surface area contributed by atoms with Crippen LogP contribution >= 0.6 is 27.5 Å². The molecule has 2 bridgehead atoms. The normalized spacial score (nSPS) is 28.3. The molecule has 2 aromatic rings. The Hall–Kier alpha value is -1.34. The third-order valence-corrected chi connectivity index (χ3v) is 6.08. The van der Waals surface area contributed by atoms with E-state index < -0.39 is 0 Å². The molecular formula is C17H20BrClN4O2. The van der Waals surface area contributed by atoms with Crippen LogP contribution in [0.4, 0.5) is 5.82 Å². The van der Waals surface area contributed by atoms with Crippen LogP contribution in [0.15, 0.2) is 16.7 Å². The third kappa shape index (κ3) is 3.12. The molecule has 5 rings (SSSR count). The maximum Gasteiger partial charge on any atom is 0.311 e. The Balaban J connectivity index is 1.69. The first-order valence-electron chi connectivity index (χ1n) is 8.71. The van der Waals surface area contributed by atoms with Gasteiger partial charge in [0, 0.05) is 16.7 Å². The van der Waals surface area contributed by atoms with Crippen LogP contribution in [0.2, 0.25) is 5.28 Å². The average Bonchev–Trinajstić information content (AvgIpc) is 2.96. The molecule has 25 heavy (non-hydrogen) atoms. The minimum absolute atomic E-state index is 0.0231. The van der Waals surface area contributed by atoms with Gasteiger partial charge >= 0.3 is 5.97 Å². The van der Waals surface area contributed by atoms with Gasteiger partial charge in [-0.2, -0.15) is 4.98 Å². The Morgan fingerprint density at radius 3 is 2.84 bits per heavy atom. The lowest BCUT2D eigenvalue weighted by Crippen LogP contribution is -2.52. The number of nitrogens with zero attached hydrogens (tertiary/aromatic N) is 3. The fourth-order valence-electron chi connectivity index (χ4n) is 4.44. The van der Waals surface area contributed by atoms with Gasteiger partial charge < -0.3 is 10.1 Å². The maximum absolute atomic E-state index is 12.6. The van der Waals surface area contributed by atoms with Crippen molar-refractivity contribution < 1.29 is 9.53 Å². The molecule has 1 N–H and O–H groups in total. The van der Waals surface area contributed by atoms with Crippen molar-refractivity contribution in [2.75, 3.05) is 11.9 Å². The van der Waals surface area contributed by atoms with Crippen molar-refractivity contribution in [3.8, 4) is 0 Å². The standard InChI is InChI=1S/C17H20BrClN4O2/c1-2-25-16(24)13-9-3-5-10(6-4-9)14(13)20-15-12-7-11(18)8-23(12)22-17(19)21-15/h7-10,13-14H,2-6H2,1H3,(H,20,21,22)/t9?,10?,13-,14-/m0/s1. The van der Waals surface area contributed by atoms with Crippen molar-refractivity contribution in [2.24, 2.45) is 17.8 Å². The highest BCUT2D eigenvalue weighted by atomic mass is 79.9. The molecule has 2 heterocycles. The van der Waals surface area contributed by atoms with Gasteiger partial charge in [0.2, 0.25) is 5.28 Å². The molecule has 134 valence electrons. The second-order valence-corrected chi connectivity index (χ2v) is 8.09. The fraction of sp³-hybridized carbons (Fsp3) is 0.588. The number of aromatic nitrogens is 3. The minimum atomic E-state index is -0.125. The largest absolute Gasteiger partial charge is 0.466 e. The molecule has 0 spiro atoms. The van der Waals surface area contributed by atoms with E-state index in [2.05, 4.69) is 31.3 Å². The van der Waals surface area contributed by atoms with E-state index in [0.29, 0.717) is 24.3 Å². The summed E-state index contributed by atoms with van der Waals surface area (Å²) in [7, 11) is 0. The highest BCUT2D eigenvalue weighted by molar-refractivity contribution is 9.10. The van der Waals surface area contributed by atoms with E-state index in [4.69, 9.17) is 16.3 Å². The quantitative estimate of drug-likeness (QED) is 0.749. The van der Waals surface area contributed by atoms with Crippen LogP contribution in [-0.4, -0.2) is 33.2 Å². The predicted molar refractivity (Wildman–Crippen MR) is 98.7 cm³/mol. The zero-order chi connectivity index (χ0) is 17.6. The Kier molecular flexibility index (Phi) is 4.62. The Bertz CT molecular complexity index is 803. The molecule has 3 aliphatic carbocycles. The molecule has 0 amide bonds. The van der Waals surface area contributed by atoms with Crippen molar-refractivity contribution in [2.45, 2.75) is 38.6 Å². The molecule has 8 heteroatoms. The van der Waals surface area contributed by atoms with Gasteiger partial charge in [-0.3, -0.25) is 4.79 Å².